The highest BCUT2D eigenvalue weighted by molar-refractivity contribution is 5.91. The van der Waals surface area contributed by atoms with Crippen molar-refractivity contribution in [3.05, 3.63) is 60.2 Å². The Labute approximate surface area is 197 Å². The highest BCUT2D eigenvalue weighted by Crippen LogP contribution is 2.22. The van der Waals surface area contributed by atoms with E-state index in [-0.39, 0.29) is 12.6 Å². The molecule has 0 atom stereocenters. The molecule has 10 heteroatoms. The maximum Gasteiger partial charge on any atom is 0.418 e. The number of amides is 3. The van der Waals surface area contributed by atoms with Crippen LogP contribution in [0.15, 0.2) is 48.5 Å². The van der Waals surface area contributed by atoms with E-state index in [1.54, 1.807) is 7.11 Å². The Morgan fingerprint density at radius 2 is 1.68 bits per heavy atom. The number of carbonyl (C=O) groups is 2. The lowest BCUT2D eigenvalue weighted by atomic mass is 10.0. The number of urea groups is 1. The molecule has 0 bridgehead atoms. The first-order chi connectivity index (χ1) is 16.5. The average molecular weight is 477 g/mol. The van der Waals surface area contributed by atoms with Crippen LogP contribution >= 0.6 is 0 Å². The van der Waals surface area contributed by atoms with E-state index < -0.39 is 17.7 Å². The molecule has 2 aromatic rings. The molecular weight excluding hydrogens is 446 g/mol. The van der Waals surface area contributed by atoms with E-state index in [2.05, 4.69) is 27.7 Å². The minimum atomic E-state index is -0.799. The summed E-state index contributed by atoms with van der Waals surface area (Å²) in [4.78, 5) is 26.6. The van der Waals surface area contributed by atoms with Gasteiger partial charge < -0.3 is 25.0 Å². The Kier molecular flexibility index (Phi) is 9.45. The Balaban J connectivity index is 0.000000343. The van der Waals surface area contributed by atoms with Gasteiger partial charge in [-0.15, -0.1) is 0 Å². The zero-order chi connectivity index (χ0) is 24.3. The maximum atomic E-state index is 11.9. The Bertz CT molecular complexity index is 916. The van der Waals surface area contributed by atoms with Gasteiger partial charge in [0.15, 0.2) is 11.6 Å². The number of nitrogens with zero attached hydrogens (tertiary/aromatic N) is 2. The smallest absolute Gasteiger partial charge is 0.418 e. The second-order valence-electron chi connectivity index (χ2n) is 7.83. The van der Waals surface area contributed by atoms with Crippen LogP contribution in [-0.4, -0.2) is 69.5 Å². The number of nitrogens with one attached hydrogen (secondary N) is 2. The van der Waals surface area contributed by atoms with Crippen LogP contribution in [0.2, 0.25) is 0 Å². The van der Waals surface area contributed by atoms with Gasteiger partial charge in [-0.1, -0.05) is 12.1 Å². The molecule has 2 aliphatic rings. The number of rotatable bonds is 6. The fourth-order valence-electron chi connectivity index (χ4n) is 3.69. The number of imide groups is 1. The van der Waals surface area contributed by atoms with Crippen LogP contribution in [0.1, 0.15) is 12.8 Å². The van der Waals surface area contributed by atoms with Crippen molar-refractivity contribution in [1.82, 2.24) is 15.5 Å². The van der Waals surface area contributed by atoms with Gasteiger partial charge in [-0.3, -0.25) is 0 Å². The summed E-state index contributed by atoms with van der Waals surface area (Å²) >= 11 is 0. The lowest BCUT2D eigenvalue weighted by molar-refractivity contribution is 0.158. The molecule has 3 amide bonds. The molecule has 2 fully saturated rings. The molecule has 0 aliphatic carbocycles. The molecule has 2 aliphatic heterocycles. The summed E-state index contributed by atoms with van der Waals surface area (Å²) in [5.74, 6) is -0.727. The normalized spacial score (nSPS) is 15.9. The van der Waals surface area contributed by atoms with E-state index in [1.807, 2.05) is 12.1 Å². The molecule has 0 radical (unpaired) electrons. The number of anilines is 1. The van der Waals surface area contributed by atoms with E-state index in [9.17, 15) is 18.4 Å². The van der Waals surface area contributed by atoms with Crippen molar-refractivity contribution in [3.63, 3.8) is 0 Å². The number of methoxy groups -OCH3 is 1. The lowest BCUT2D eigenvalue weighted by Gasteiger charge is -2.34. The van der Waals surface area contributed by atoms with E-state index in [0.29, 0.717) is 25.7 Å². The number of hydrogen-bond donors (Lipinski definition) is 2. The molecule has 4 rings (SSSR count). The van der Waals surface area contributed by atoms with Crippen LogP contribution in [0.3, 0.4) is 0 Å². The number of ether oxygens (including phenoxy) is 2. The van der Waals surface area contributed by atoms with E-state index >= 15 is 0 Å². The van der Waals surface area contributed by atoms with Crippen molar-refractivity contribution >= 4 is 17.8 Å². The first kappa shape index (κ1) is 25.2. The Hall–Kier alpha value is -3.40. The summed E-state index contributed by atoms with van der Waals surface area (Å²) in [6.45, 7) is 3.76. The predicted molar refractivity (Wildman–Crippen MR) is 124 cm³/mol. The van der Waals surface area contributed by atoms with Crippen LogP contribution in [-0.2, 0) is 4.74 Å². The molecule has 0 spiro atoms. The summed E-state index contributed by atoms with van der Waals surface area (Å²) in [7, 11) is 1.67. The molecule has 184 valence electrons. The van der Waals surface area contributed by atoms with Crippen molar-refractivity contribution in [2.45, 2.75) is 18.9 Å². The quantitative estimate of drug-likeness (QED) is 0.622. The standard InChI is InChI=1S/C18H26N4O4.C6H4F2/c1-25-16-4-2-15(3-5-16)21-10-6-14(7-11-21)19-8-9-20-17(23)22-12-13-26-18(22)24;7-5-3-1-2-4-6(5)8/h2-5,14,19H,6-13H2,1H3,(H,20,23);1-4H. The van der Waals surface area contributed by atoms with Gasteiger partial charge >= 0.3 is 12.1 Å². The third-order valence-corrected chi connectivity index (χ3v) is 5.60. The van der Waals surface area contributed by atoms with Gasteiger partial charge in [0.05, 0.1) is 13.7 Å². The van der Waals surface area contributed by atoms with Gasteiger partial charge in [0.2, 0.25) is 0 Å². The average Bonchev–Trinajstić information content (AvgIpc) is 3.30. The summed E-state index contributed by atoms with van der Waals surface area (Å²) < 4.78 is 33.8. The number of benzene rings is 2. The van der Waals surface area contributed by atoms with E-state index in [1.165, 1.54) is 17.8 Å². The van der Waals surface area contributed by atoms with Crippen LogP contribution in [0.5, 0.6) is 5.75 Å². The van der Waals surface area contributed by atoms with Gasteiger partial charge in [-0.25, -0.2) is 23.3 Å². The van der Waals surface area contributed by atoms with Gasteiger partial charge in [0.1, 0.15) is 12.4 Å². The Morgan fingerprint density at radius 3 is 2.21 bits per heavy atom. The Morgan fingerprint density at radius 1 is 1.03 bits per heavy atom. The first-order valence-corrected chi connectivity index (χ1v) is 11.2. The van der Waals surface area contributed by atoms with Gasteiger partial charge in [-0.05, 0) is 49.2 Å². The summed E-state index contributed by atoms with van der Waals surface area (Å²) in [5.41, 5.74) is 1.22. The number of hydrogen-bond acceptors (Lipinski definition) is 6. The third kappa shape index (κ3) is 7.31. The monoisotopic (exact) mass is 476 g/mol. The first-order valence-electron chi connectivity index (χ1n) is 11.2. The van der Waals surface area contributed by atoms with Crippen LogP contribution in [0, 0.1) is 11.6 Å². The van der Waals surface area contributed by atoms with Crippen molar-refractivity contribution < 1.29 is 27.8 Å². The molecule has 8 nitrogen and oxygen atoms in total. The summed E-state index contributed by atoms with van der Waals surface area (Å²) in [6, 6.07) is 13.2. The van der Waals surface area contributed by atoms with Crippen molar-refractivity contribution in [2.75, 3.05) is 51.3 Å². The largest absolute Gasteiger partial charge is 0.497 e. The number of halogens is 2. The van der Waals surface area contributed by atoms with Crippen molar-refractivity contribution in [3.8, 4) is 5.75 Å². The van der Waals surface area contributed by atoms with Gasteiger partial charge in [-0.2, -0.15) is 0 Å². The highest BCUT2D eigenvalue weighted by atomic mass is 19.2. The van der Waals surface area contributed by atoms with Gasteiger partial charge in [0, 0.05) is 37.9 Å². The van der Waals surface area contributed by atoms with Crippen LogP contribution in [0.25, 0.3) is 0 Å². The zero-order valence-corrected chi connectivity index (χ0v) is 19.1. The molecule has 2 N–H and O–H groups in total. The molecule has 2 heterocycles. The SMILES string of the molecule is COc1ccc(N2CCC(NCCNC(=O)N3CCOC3=O)CC2)cc1.Fc1ccccc1F. The third-order valence-electron chi connectivity index (χ3n) is 5.60. The zero-order valence-electron chi connectivity index (χ0n) is 19.1. The van der Waals surface area contributed by atoms with Crippen molar-refractivity contribution in [2.24, 2.45) is 0 Å². The van der Waals surface area contributed by atoms with Crippen molar-refractivity contribution in [1.29, 1.82) is 0 Å². The molecule has 0 aromatic heterocycles. The lowest BCUT2D eigenvalue weighted by Crippen LogP contribution is -2.46. The van der Waals surface area contributed by atoms with Crippen LogP contribution in [0.4, 0.5) is 24.1 Å². The van der Waals surface area contributed by atoms with E-state index in [4.69, 9.17) is 9.47 Å². The minimum Gasteiger partial charge on any atom is -0.497 e. The molecule has 0 saturated carbocycles. The van der Waals surface area contributed by atoms with Crippen LogP contribution < -0.4 is 20.3 Å². The highest BCUT2D eigenvalue weighted by Gasteiger charge is 2.28. The fraction of sp³-hybridized carbons (Fsp3) is 0.417. The predicted octanol–water partition coefficient (Wildman–Crippen LogP) is 3.38. The second kappa shape index (κ2) is 12.7. The summed E-state index contributed by atoms with van der Waals surface area (Å²) in [5, 5.41) is 6.21. The summed E-state index contributed by atoms with van der Waals surface area (Å²) in [6.07, 6.45) is 1.54. The molecule has 2 aromatic carbocycles. The van der Waals surface area contributed by atoms with Gasteiger partial charge in [0.25, 0.3) is 0 Å². The van der Waals surface area contributed by atoms with E-state index in [0.717, 1.165) is 48.7 Å². The number of carbonyl (C=O) groups excluding carboxylic acids is 2. The topological polar surface area (TPSA) is 83.1 Å². The molecule has 34 heavy (non-hydrogen) atoms. The molecule has 2 saturated heterocycles. The molecule has 0 unspecified atom stereocenters. The molecular formula is C24H30F2N4O4. The second-order valence-corrected chi connectivity index (χ2v) is 7.83. The number of piperidine rings is 1. The maximum absolute atomic E-state index is 11.9. The minimum absolute atomic E-state index is 0.275. The fourth-order valence-corrected chi connectivity index (χ4v) is 3.69. The number of cyclic esters (lactones) is 1.